The van der Waals surface area contributed by atoms with Gasteiger partial charge in [0.15, 0.2) is 0 Å². The number of sulfonamides is 1. The van der Waals surface area contributed by atoms with Crippen LogP contribution in [0, 0.1) is 12.3 Å². The zero-order chi connectivity index (χ0) is 15.0. The second-order valence-corrected chi connectivity index (χ2v) is 6.11. The number of ether oxygens (including phenoxy) is 1. The van der Waals surface area contributed by atoms with E-state index in [2.05, 4.69) is 10.6 Å². The minimum Gasteiger partial charge on any atom is -0.461 e. The van der Waals surface area contributed by atoms with Crippen LogP contribution in [0.2, 0.25) is 0 Å². The van der Waals surface area contributed by atoms with E-state index in [1.165, 1.54) is 0 Å². The zero-order valence-electron chi connectivity index (χ0n) is 11.3. The van der Waals surface area contributed by atoms with Gasteiger partial charge < -0.3 is 4.74 Å². The average molecular weight is 295 g/mol. The van der Waals surface area contributed by atoms with Gasteiger partial charge in [-0.2, -0.15) is 0 Å². The number of carbonyl (C=O) groups is 1. The molecule has 20 heavy (non-hydrogen) atoms. The third-order valence-electron chi connectivity index (χ3n) is 2.55. The second-order valence-electron chi connectivity index (χ2n) is 4.01. The van der Waals surface area contributed by atoms with E-state index >= 15 is 0 Å². The van der Waals surface area contributed by atoms with Gasteiger partial charge in [-0.05, 0) is 24.6 Å². The molecule has 1 aromatic rings. The minimum atomic E-state index is -3.22. The van der Waals surface area contributed by atoms with Gasteiger partial charge in [-0.25, -0.2) is 17.9 Å². The summed E-state index contributed by atoms with van der Waals surface area (Å²) in [5.74, 6) is 1.97. The van der Waals surface area contributed by atoms with Gasteiger partial charge in [0, 0.05) is 13.0 Å². The van der Waals surface area contributed by atoms with Crippen molar-refractivity contribution in [3.8, 4) is 12.3 Å². The molecule has 1 rings (SSSR count). The summed E-state index contributed by atoms with van der Waals surface area (Å²) in [5, 5.41) is 0. The molecule has 0 atom stereocenters. The van der Waals surface area contributed by atoms with Crippen LogP contribution < -0.4 is 4.72 Å². The minimum absolute atomic E-state index is 0.0343. The van der Waals surface area contributed by atoms with Crippen LogP contribution in [0.4, 0.5) is 0 Å². The predicted molar refractivity (Wildman–Crippen MR) is 76.5 cm³/mol. The van der Waals surface area contributed by atoms with E-state index in [4.69, 9.17) is 11.2 Å². The maximum absolute atomic E-state index is 11.6. The van der Waals surface area contributed by atoms with Crippen molar-refractivity contribution in [3.05, 3.63) is 35.4 Å². The van der Waals surface area contributed by atoms with Gasteiger partial charge in [0.25, 0.3) is 0 Å². The first kappa shape index (κ1) is 16.2. The lowest BCUT2D eigenvalue weighted by molar-refractivity contribution is 0.0513. The first-order chi connectivity index (χ1) is 9.48. The lowest BCUT2D eigenvalue weighted by Crippen LogP contribution is -2.24. The van der Waals surface area contributed by atoms with Gasteiger partial charge in [0.2, 0.25) is 10.0 Å². The Bertz CT molecular complexity index is 585. The number of carbonyl (C=O) groups excluding carboxylic acids is 1. The topological polar surface area (TPSA) is 72.5 Å². The second kappa shape index (κ2) is 7.68. The Morgan fingerprint density at radius 1 is 1.35 bits per heavy atom. The Kier molecular flexibility index (Phi) is 6.22. The molecule has 108 valence electrons. The molecule has 0 unspecified atom stereocenters. The van der Waals surface area contributed by atoms with Gasteiger partial charge in [-0.3, -0.25) is 0 Å². The standard InChI is InChI=1S/C14H17NO4S/c1-3-5-10-19-14(16)13-8-6-12(7-9-13)11-15-20(17,18)4-2/h1,6-9,15H,4-5,10-11H2,2H3. The molecule has 0 bridgehead atoms. The highest BCUT2D eigenvalue weighted by atomic mass is 32.2. The fourth-order valence-electron chi connectivity index (χ4n) is 1.34. The molecular weight excluding hydrogens is 278 g/mol. The molecule has 6 heteroatoms. The molecule has 0 amide bonds. The van der Waals surface area contributed by atoms with Crippen molar-refractivity contribution in [2.75, 3.05) is 12.4 Å². The lowest BCUT2D eigenvalue weighted by atomic mass is 10.1. The van der Waals surface area contributed by atoms with Crippen molar-refractivity contribution in [2.45, 2.75) is 19.9 Å². The Labute approximate surface area is 119 Å². The van der Waals surface area contributed by atoms with E-state index in [9.17, 15) is 13.2 Å². The molecule has 1 aromatic carbocycles. The number of terminal acetylenes is 1. The molecule has 0 aromatic heterocycles. The number of nitrogens with one attached hydrogen (secondary N) is 1. The number of hydrogen-bond donors (Lipinski definition) is 1. The van der Waals surface area contributed by atoms with Gasteiger partial charge in [0.05, 0.1) is 11.3 Å². The fraction of sp³-hybridized carbons (Fsp3) is 0.357. The number of esters is 1. The highest BCUT2D eigenvalue weighted by Gasteiger charge is 2.08. The smallest absolute Gasteiger partial charge is 0.338 e. The van der Waals surface area contributed by atoms with E-state index in [1.54, 1.807) is 31.2 Å². The van der Waals surface area contributed by atoms with Gasteiger partial charge >= 0.3 is 5.97 Å². The molecule has 5 nitrogen and oxygen atoms in total. The van der Waals surface area contributed by atoms with E-state index < -0.39 is 16.0 Å². The summed E-state index contributed by atoms with van der Waals surface area (Å²) >= 11 is 0. The van der Waals surface area contributed by atoms with Crippen molar-refractivity contribution in [3.63, 3.8) is 0 Å². The number of benzene rings is 1. The third-order valence-corrected chi connectivity index (χ3v) is 3.89. The van der Waals surface area contributed by atoms with Crippen molar-refractivity contribution in [1.29, 1.82) is 0 Å². The normalized spacial score (nSPS) is 10.8. The van der Waals surface area contributed by atoms with Crippen molar-refractivity contribution in [1.82, 2.24) is 4.72 Å². The molecule has 0 saturated heterocycles. The van der Waals surface area contributed by atoms with Gasteiger partial charge in [0.1, 0.15) is 6.61 Å². The lowest BCUT2D eigenvalue weighted by Gasteiger charge is -2.06. The summed E-state index contributed by atoms with van der Waals surface area (Å²) in [6.45, 7) is 1.95. The number of rotatable bonds is 7. The van der Waals surface area contributed by atoms with Crippen LogP contribution in [0.15, 0.2) is 24.3 Å². The van der Waals surface area contributed by atoms with Crippen LogP contribution in [-0.2, 0) is 21.3 Å². The first-order valence-corrected chi connectivity index (χ1v) is 7.80. The quantitative estimate of drug-likeness (QED) is 0.467. The highest BCUT2D eigenvalue weighted by molar-refractivity contribution is 7.89. The molecule has 0 spiro atoms. The average Bonchev–Trinajstić information content (AvgIpc) is 2.46. The van der Waals surface area contributed by atoms with Crippen LogP contribution in [0.25, 0.3) is 0 Å². The summed E-state index contributed by atoms with van der Waals surface area (Å²) in [6, 6.07) is 6.54. The zero-order valence-corrected chi connectivity index (χ0v) is 12.1. The molecular formula is C14H17NO4S. The summed E-state index contributed by atoms with van der Waals surface area (Å²) in [4.78, 5) is 11.6. The van der Waals surface area contributed by atoms with E-state index in [0.717, 1.165) is 5.56 Å². The van der Waals surface area contributed by atoms with Crippen LogP contribution >= 0.6 is 0 Å². The maximum Gasteiger partial charge on any atom is 0.338 e. The Morgan fingerprint density at radius 3 is 2.55 bits per heavy atom. The molecule has 1 N–H and O–H groups in total. The van der Waals surface area contributed by atoms with Gasteiger partial charge in [-0.1, -0.05) is 12.1 Å². The third kappa shape index (κ3) is 5.43. The molecule has 0 radical (unpaired) electrons. The van der Waals surface area contributed by atoms with E-state index in [-0.39, 0.29) is 18.9 Å². The van der Waals surface area contributed by atoms with Crippen molar-refractivity contribution >= 4 is 16.0 Å². The monoisotopic (exact) mass is 295 g/mol. The number of hydrogen-bond acceptors (Lipinski definition) is 4. The van der Waals surface area contributed by atoms with Crippen LogP contribution in [0.3, 0.4) is 0 Å². The van der Waals surface area contributed by atoms with Crippen molar-refractivity contribution < 1.29 is 17.9 Å². The summed E-state index contributed by atoms with van der Waals surface area (Å²) in [7, 11) is -3.22. The Hall–Kier alpha value is -1.84. The van der Waals surface area contributed by atoms with E-state index in [1.807, 2.05) is 0 Å². The molecule has 0 aliphatic heterocycles. The molecule has 0 fully saturated rings. The fourth-order valence-corrected chi connectivity index (χ4v) is 1.93. The largest absolute Gasteiger partial charge is 0.461 e. The van der Waals surface area contributed by atoms with E-state index in [0.29, 0.717) is 12.0 Å². The van der Waals surface area contributed by atoms with Crippen LogP contribution in [0.5, 0.6) is 0 Å². The van der Waals surface area contributed by atoms with Gasteiger partial charge in [-0.15, -0.1) is 12.3 Å². The van der Waals surface area contributed by atoms with Crippen molar-refractivity contribution in [2.24, 2.45) is 0 Å². The summed E-state index contributed by atoms with van der Waals surface area (Å²) in [5.41, 5.74) is 1.17. The van der Waals surface area contributed by atoms with Crippen LogP contribution in [-0.4, -0.2) is 26.7 Å². The Morgan fingerprint density at radius 2 is 2.00 bits per heavy atom. The summed E-state index contributed by atoms with van der Waals surface area (Å²) in [6.07, 6.45) is 5.43. The molecule has 0 aliphatic rings. The molecule has 0 aliphatic carbocycles. The first-order valence-electron chi connectivity index (χ1n) is 6.15. The summed E-state index contributed by atoms with van der Waals surface area (Å²) < 4.78 is 30.0. The SMILES string of the molecule is C#CCCOC(=O)c1ccc(CNS(=O)(=O)CC)cc1. The predicted octanol–water partition coefficient (Wildman–Crippen LogP) is 1.31. The Balaban J connectivity index is 2.56. The molecule has 0 heterocycles. The molecule has 0 saturated carbocycles. The van der Waals surface area contributed by atoms with Crippen LogP contribution in [0.1, 0.15) is 29.3 Å². The highest BCUT2D eigenvalue weighted by Crippen LogP contribution is 2.06. The maximum atomic E-state index is 11.6.